The van der Waals surface area contributed by atoms with Crippen LogP contribution in [-0.2, 0) is 17.6 Å². The Labute approximate surface area is 165 Å². The van der Waals surface area contributed by atoms with Gasteiger partial charge in [-0.05, 0) is 67.6 Å². The second kappa shape index (κ2) is 8.74. The van der Waals surface area contributed by atoms with Gasteiger partial charge < -0.3 is 15.0 Å². The standard InChI is InChI=1S/C23H27FN2O2/c24-19-5-8-22(9-6-19)28-14-13-25-12-11-20-7-10-23(27)26(20)21-15-17-3-1-2-4-18(17)16-21/h1-6,8-9,20-21,25H,7,10-16H2/t20-/m1/s1. The molecule has 1 aliphatic heterocycles. The highest BCUT2D eigenvalue weighted by Crippen LogP contribution is 2.32. The van der Waals surface area contributed by atoms with Gasteiger partial charge in [0.1, 0.15) is 18.2 Å². The number of amides is 1. The molecule has 1 heterocycles. The molecule has 0 spiro atoms. The maximum Gasteiger partial charge on any atom is 0.223 e. The van der Waals surface area contributed by atoms with Crippen molar-refractivity contribution in [1.29, 1.82) is 0 Å². The van der Waals surface area contributed by atoms with Crippen molar-refractivity contribution in [3.63, 3.8) is 0 Å². The molecule has 1 aliphatic carbocycles. The Morgan fingerprint density at radius 1 is 1.04 bits per heavy atom. The molecule has 4 rings (SSSR count). The average Bonchev–Trinajstić information content (AvgIpc) is 3.28. The Kier molecular flexibility index (Phi) is 5.91. The van der Waals surface area contributed by atoms with Gasteiger partial charge in [0.05, 0.1) is 0 Å². The number of carbonyl (C=O) groups excluding carboxylic acids is 1. The van der Waals surface area contributed by atoms with Crippen LogP contribution in [0.15, 0.2) is 48.5 Å². The molecule has 0 radical (unpaired) electrons. The third-order valence-corrected chi connectivity index (χ3v) is 5.81. The molecule has 0 aromatic heterocycles. The van der Waals surface area contributed by atoms with Crippen molar-refractivity contribution < 1.29 is 13.9 Å². The van der Waals surface area contributed by atoms with Crippen LogP contribution < -0.4 is 10.1 Å². The first-order valence-electron chi connectivity index (χ1n) is 10.2. The summed E-state index contributed by atoms with van der Waals surface area (Å²) in [6.07, 6.45) is 4.56. The summed E-state index contributed by atoms with van der Waals surface area (Å²) in [5.41, 5.74) is 2.78. The van der Waals surface area contributed by atoms with E-state index in [9.17, 15) is 9.18 Å². The van der Waals surface area contributed by atoms with E-state index in [0.717, 1.165) is 38.8 Å². The van der Waals surface area contributed by atoms with Crippen molar-refractivity contribution in [2.24, 2.45) is 0 Å². The predicted octanol–water partition coefficient (Wildman–Crippen LogP) is 3.34. The van der Waals surface area contributed by atoms with Gasteiger partial charge in [0.25, 0.3) is 0 Å². The highest BCUT2D eigenvalue weighted by Gasteiger charge is 2.38. The molecule has 1 N–H and O–H groups in total. The van der Waals surface area contributed by atoms with Crippen LogP contribution in [0.4, 0.5) is 4.39 Å². The zero-order chi connectivity index (χ0) is 19.3. The Hall–Kier alpha value is -2.40. The normalized spacial score (nSPS) is 19.2. The smallest absolute Gasteiger partial charge is 0.223 e. The molecule has 2 aliphatic rings. The maximum absolute atomic E-state index is 12.9. The second-order valence-electron chi connectivity index (χ2n) is 7.67. The number of rotatable bonds is 8. The van der Waals surface area contributed by atoms with Crippen molar-refractivity contribution in [3.8, 4) is 5.75 Å². The van der Waals surface area contributed by atoms with Crippen LogP contribution in [0.3, 0.4) is 0 Å². The summed E-state index contributed by atoms with van der Waals surface area (Å²) in [5, 5.41) is 3.40. The van der Waals surface area contributed by atoms with E-state index in [2.05, 4.69) is 34.5 Å². The molecule has 0 saturated carbocycles. The lowest BCUT2D eigenvalue weighted by Gasteiger charge is -2.31. The number of ether oxygens (including phenoxy) is 1. The summed E-state index contributed by atoms with van der Waals surface area (Å²) in [6.45, 7) is 2.13. The van der Waals surface area contributed by atoms with Crippen LogP contribution in [0.5, 0.6) is 5.75 Å². The predicted molar refractivity (Wildman–Crippen MR) is 107 cm³/mol. The fourth-order valence-corrected chi connectivity index (χ4v) is 4.44. The first-order valence-corrected chi connectivity index (χ1v) is 10.2. The van der Waals surface area contributed by atoms with Gasteiger partial charge in [-0.15, -0.1) is 0 Å². The van der Waals surface area contributed by atoms with Gasteiger partial charge in [-0.3, -0.25) is 4.79 Å². The third-order valence-electron chi connectivity index (χ3n) is 5.81. The molecule has 1 saturated heterocycles. The van der Waals surface area contributed by atoms with Crippen molar-refractivity contribution in [2.75, 3.05) is 19.7 Å². The Balaban J connectivity index is 1.20. The highest BCUT2D eigenvalue weighted by atomic mass is 19.1. The number of fused-ring (bicyclic) bond motifs is 1. The fraction of sp³-hybridized carbons (Fsp3) is 0.435. The topological polar surface area (TPSA) is 41.6 Å². The van der Waals surface area contributed by atoms with Gasteiger partial charge >= 0.3 is 0 Å². The van der Waals surface area contributed by atoms with Crippen molar-refractivity contribution >= 4 is 5.91 Å². The molecule has 2 aromatic rings. The van der Waals surface area contributed by atoms with Crippen molar-refractivity contribution in [3.05, 3.63) is 65.5 Å². The van der Waals surface area contributed by atoms with E-state index in [-0.39, 0.29) is 5.82 Å². The minimum absolute atomic E-state index is 0.258. The minimum atomic E-state index is -0.258. The van der Waals surface area contributed by atoms with Crippen LogP contribution in [-0.4, -0.2) is 42.6 Å². The van der Waals surface area contributed by atoms with Crippen LogP contribution in [0, 0.1) is 5.82 Å². The summed E-state index contributed by atoms with van der Waals surface area (Å²) in [6, 6.07) is 15.3. The Morgan fingerprint density at radius 2 is 1.75 bits per heavy atom. The van der Waals surface area contributed by atoms with Crippen LogP contribution in [0.1, 0.15) is 30.4 Å². The summed E-state index contributed by atoms with van der Waals surface area (Å²) in [7, 11) is 0. The number of nitrogens with one attached hydrogen (secondary N) is 1. The molecule has 28 heavy (non-hydrogen) atoms. The number of halogens is 1. The van der Waals surface area contributed by atoms with E-state index in [4.69, 9.17) is 4.74 Å². The quantitative estimate of drug-likeness (QED) is 0.712. The summed E-state index contributed by atoms with van der Waals surface area (Å²) in [5.74, 6) is 0.727. The zero-order valence-electron chi connectivity index (χ0n) is 16.1. The van der Waals surface area contributed by atoms with Gasteiger partial charge in [-0.2, -0.15) is 0 Å². The number of nitrogens with zero attached hydrogens (tertiary/aromatic N) is 1. The van der Waals surface area contributed by atoms with E-state index < -0.39 is 0 Å². The number of carbonyl (C=O) groups is 1. The molecule has 2 aromatic carbocycles. The van der Waals surface area contributed by atoms with Gasteiger partial charge in [0, 0.05) is 25.0 Å². The third kappa shape index (κ3) is 4.36. The zero-order valence-corrected chi connectivity index (χ0v) is 16.1. The first kappa shape index (κ1) is 18.9. The molecule has 148 valence electrons. The largest absolute Gasteiger partial charge is 0.492 e. The van der Waals surface area contributed by atoms with Gasteiger partial charge in [0.2, 0.25) is 5.91 Å². The van der Waals surface area contributed by atoms with E-state index in [1.54, 1.807) is 12.1 Å². The van der Waals surface area contributed by atoms with E-state index in [1.807, 2.05) is 0 Å². The molecular weight excluding hydrogens is 355 g/mol. The second-order valence-corrected chi connectivity index (χ2v) is 7.67. The van der Waals surface area contributed by atoms with Crippen LogP contribution in [0.2, 0.25) is 0 Å². The summed E-state index contributed by atoms with van der Waals surface area (Å²) >= 11 is 0. The maximum atomic E-state index is 12.9. The first-order chi connectivity index (χ1) is 13.7. The molecule has 0 bridgehead atoms. The van der Waals surface area contributed by atoms with E-state index >= 15 is 0 Å². The molecule has 4 nitrogen and oxygen atoms in total. The van der Waals surface area contributed by atoms with Gasteiger partial charge in [0.15, 0.2) is 0 Å². The van der Waals surface area contributed by atoms with Gasteiger partial charge in [-0.1, -0.05) is 24.3 Å². The number of hydrogen-bond donors (Lipinski definition) is 1. The molecule has 1 amide bonds. The lowest BCUT2D eigenvalue weighted by molar-refractivity contribution is -0.131. The Bertz CT molecular complexity index is 784. The lowest BCUT2D eigenvalue weighted by Crippen LogP contribution is -2.43. The van der Waals surface area contributed by atoms with E-state index in [1.165, 1.54) is 23.3 Å². The van der Waals surface area contributed by atoms with Crippen LogP contribution in [0.25, 0.3) is 0 Å². The van der Waals surface area contributed by atoms with Crippen molar-refractivity contribution in [1.82, 2.24) is 10.2 Å². The SMILES string of the molecule is O=C1CC[C@H](CCNCCOc2ccc(F)cc2)N1C1Cc2ccccc2C1. The van der Waals surface area contributed by atoms with E-state index in [0.29, 0.717) is 36.8 Å². The number of benzene rings is 2. The monoisotopic (exact) mass is 382 g/mol. The van der Waals surface area contributed by atoms with Crippen LogP contribution >= 0.6 is 0 Å². The fourth-order valence-electron chi connectivity index (χ4n) is 4.44. The highest BCUT2D eigenvalue weighted by molar-refractivity contribution is 5.79. The minimum Gasteiger partial charge on any atom is -0.492 e. The number of hydrogen-bond acceptors (Lipinski definition) is 3. The average molecular weight is 382 g/mol. The molecule has 1 fully saturated rings. The lowest BCUT2D eigenvalue weighted by atomic mass is 10.1. The molecule has 5 heteroatoms. The molecule has 0 unspecified atom stereocenters. The number of likely N-dealkylation sites (tertiary alicyclic amines) is 1. The Morgan fingerprint density at radius 3 is 2.46 bits per heavy atom. The summed E-state index contributed by atoms with van der Waals surface area (Å²) < 4.78 is 18.5. The molecular formula is C23H27FN2O2. The van der Waals surface area contributed by atoms with Gasteiger partial charge in [-0.25, -0.2) is 4.39 Å². The summed E-state index contributed by atoms with van der Waals surface area (Å²) in [4.78, 5) is 14.7. The van der Waals surface area contributed by atoms with Crippen molar-refractivity contribution in [2.45, 2.75) is 44.2 Å². The molecule has 1 atom stereocenters.